The standard InChI is InChI=1S/C33H43NO4/c1-31(2,26-14-10-7-11-15-26)24-32(3,4)30(37)34-27(16-17-29(35)36)22-33(5)20-18-28(19-21-33)38-23-25-12-8-6-9-13-25/h6-15,18-20,27H,16-17,21-24H2,1-5H3,(H,34,37)(H,35,36)/t27-,33?/m0/s1. The van der Waals surface area contributed by atoms with E-state index in [0.29, 0.717) is 25.9 Å². The van der Waals surface area contributed by atoms with E-state index in [0.717, 1.165) is 17.7 Å². The van der Waals surface area contributed by atoms with Crippen molar-refractivity contribution in [3.8, 4) is 0 Å². The number of ether oxygens (including phenoxy) is 1. The fraction of sp³-hybridized carbons (Fsp3) is 0.455. The van der Waals surface area contributed by atoms with Crippen LogP contribution in [0.25, 0.3) is 0 Å². The first-order valence-electron chi connectivity index (χ1n) is 13.5. The van der Waals surface area contributed by atoms with Crippen LogP contribution in [0.5, 0.6) is 0 Å². The number of rotatable bonds is 13. The van der Waals surface area contributed by atoms with Gasteiger partial charge in [0.05, 0.1) is 0 Å². The summed E-state index contributed by atoms with van der Waals surface area (Å²) in [6, 6.07) is 20.1. The molecule has 2 atom stereocenters. The molecule has 0 radical (unpaired) electrons. The van der Waals surface area contributed by atoms with Crippen molar-refractivity contribution >= 4 is 11.9 Å². The molecule has 1 unspecified atom stereocenters. The first-order chi connectivity index (χ1) is 17.9. The molecule has 0 spiro atoms. The van der Waals surface area contributed by atoms with Gasteiger partial charge >= 0.3 is 5.97 Å². The van der Waals surface area contributed by atoms with Gasteiger partial charge in [-0.1, -0.05) is 101 Å². The molecule has 3 rings (SSSR count). The quantitative estimate of drug-likeness (QED) is 0.295. The minimum atomic E-state index is -0.852. The molecule has 0 aromatic heterocycles. The number of carboxylic acid groups (broad SMARTS) is 1. The van der Waals surface area contributed by atoms with Crippen molar-refractivity contribution in [2.45, 2.75) is 84.8 Å². The SMILES string of the molecule is CC1(C[C@H](CCC(=O)O)NC(=O)C(C)(C)CC(C)(C)c2ccccc2)C=CC(OCc2ccccc2)=CC1. The summed E-state index contributed by atoms with van der Waals surface area (Å²) in [6.07, 6.45) is 8.72. The summed E-state index contributed by atoms with van der Waals surface area (Å²) in [5.41, 5.74) is 1.30. The topological polar surface area (TPSA) is 75.6 Å². The van der Waals surface area contributed by atoms with E-state index in [9.17, 15) is 14.7 Å². The summed E-state index contributed by atoms with van der Waals surface area (Å²) < 4.78 is 5.97. The van der Waals surface area contributed by atoms with Crippen LogP contribution in [0.4, 0.5) is 0 Å². The van der Waals surface area contributed by atoms with Gasteiger partial charge in [0.1, 0.15) is 12.4 Å². The van der Waals surface area contributed by atoms with Crippen LogP contribution >= 0.6 is 0 Å². The van der Waals surface area contributed by atoms with Crippen LogP contribution in [0.2, 0.25) is 0 Å². The molecule has 38 heavy (non-hydrogen) atoms. The van der Waals surface area contributed by atoms with Gasteiger partial charge < -0.3 is 15.2 Å². The largest absolute Gasteiger partial charge is 0.489 e. The molecule has 0 saturated carbocycles. The van der Waals surface area contributed by atoms with Gasteiger partial charge in [0.2, 0.25) is 5.91 Å². The lowest BCUT2D eigenvalue weighted by atomic mass is 9.70. The summed E-state index contributed by atoms with van der Waals surface area (Å²) >= 11 is 0. The predicted molar refractivity (Wildman–Crippen MR) is 152 cm³/mol. The van der Waals surface area contributed by atoms with E-state index >= 15 is 0 Å². The zero-order chi connectivity index (χ0) is 27.8. The van der Waals surface area contributed by atoms with Crippen molar-refractivity contribution in [1.29, 1.82) is 0 Å². The van der Waals surface area contributed by atoms with E-state index in [1.54, 1.807) is 0 Å². The molecule has 2 N–H and O–H groups in total. The van der Waals surface area contributed by atoms with Crippen LogP contribution in [-0.4, -0.2) is 23.0 Å². The average molecular weight is 518 g/mol. The number of amides is 1. The lowest BCUT2D eigenvalue weighted by Crippen LogP contribution is -2.46. The number of aliphatic carboxylic acids is 1. The second kappa shape index (κ2) is 12.5. The lowest BCUT2D eigenvalue weighted by molar-refractivity contribution is -0.138. The Kier molecular flexibility index (Phi) is 9.59. The van der Waals surface area contributed by atoms with Gasteiger partial charge in [0, 0.05) is 17.9 Å². The third kappa shape index (κ3) is 8.61. The van der Waals surface area contributed by atoms with Gasteiger partial charge in [-0.3, -0.25) is 9.59 Å². The fourth-order valence-electron chi connectivity index (χ4n) is 5.40. The number of allylic oxidation sites excluding steroid dienone is 3. The van der Waals surface area contributed by atoms with Crippen molar-refractivity contribution in [3.05, 3.63) is 95.8 Å². The van der Waals surface area contributed by atoms with Gasteiger partial charge in [-0.2, -0.15) is 0 Å². The van der Waals surface area contributed by atoms with Crippen molar-refractivity contribution in [1.82, 2.24) is 5.32 Å². The van der Waals surface area contributed by atoms with Gasteiger partial charge in [-0.15, -0.1) is 0 Å². The van der Waals surface area contributed by atoms with E-state index in [4.69, 9.17) is 4.74 Å². The van der Waals surface area contributed by atoms with Crippen molar-refractivity contribution in [2.75, 3.05) is 0 Å². The molecule has 1 amide bonds. The Morgan fingerprint density at radius 2 is 1.66 bits per heavy atom. The second-order valence-corrected chi connectivity index (χ2v) is 12.2. The summed E-state index contributed by atoms with van der Waals surface area (Å²) in [5.74, 6) is -0.0565. The Bertz CT molecular complexity index is 1130. The minimum Gasteiger partial charge on any atom is -0.489 e. The maximum absolute atomic E-state index is 13.5. The van der Waals surface area contributed by atoms with Gasteiger partial charge in [0.15, 0.2) is 0 Å². The van der Waals surface area contributed by atoms with Crippen LogP contribution in [0.3, 0.4) is 0 Å². The molecule has 2 aromatic carbocycles. The zero-order valence-corrected chi connectivity index (χ0v) is 23.5. The Hall–Kier alpha value is -3.34. The molecule has 0 bridgehead atoms. The zero-order valence-electron chi connectivity index (χ0n) is 23.5. The first kappa shape index (κ1) is 29.2. The van der Waals surface area contributed by atoms with E-state index in [1.807, 2.05) is 68.5 Å². The molecule has 5 nitrogen and oxygen atoms in total. The molecule has 0 aliphatic heterocycles. The average Bonchev–Trinajstić information content (AvgIpc) is 2.87. The number of hydrogen-bond acceptors (Lipinski definition) is 3. The van der Waals surface area contributed by atoms with E-state index in [1.165, 1.54) is 5.56 Å². The Morgan fingerprint density at radius 3 is 2.24 bits per heavy atom. The number of carbonyl (C=O) groups is 2. The smallest absolute Gasteiger partial charge is 0.303 e. The number of carboxylic acids is 1. The van der Waals surface area contributed by atoms with E-state index < -0.39 is 11.4 Å². The fourth-order valence-corrected chi connectivity index (χ4v) is 5.40. The number of benzene rings is 2. The highest BCUT2D eigenvalue weighted by Crippen LogP contribution is 2.38. The van der Waals surface area contributed by atoms with E-state index in [-0.39, 0.29) is 29.2 Å². The highest BCUT2D eigenvalue weighted by atomic mass is 16.5. The molecular weight excluding hydrogens is 474 g/mol. The Labute approximate surface area is 228 Å². The van der Waals surface area contributed by atoms with Crippen molar-refractivity contribution in [3.63, 3.8) is 0 Å². The highest BCUT2D eigenvalue weighted by molar-refractivity contribution is 5.82. The molecule has 1 aliphatic rings. The Morgan fingerprint density at radius 1 is 1.03 bits per heavy atom. The van der Waals surface area contributed by atoms with Crippen LogP contribution in [0.1, 0.15) is 77.8 Å². The summed E-state index contributed by atoms with van der Waals surface area (Å²) in [7, 11) is 0. The lowest BCUT2D eigenvalue weighted by Gasteiger charge is -2.37. The minimum absolute atomic E-state index is 0.0158. The summed E-state index contributed by atoms with van der Waals surface area (Å²) in [6.45, 7) is 10.9. The predicted octanol–water partition coefficient (Wildman–Crippen LogP) is 7.19. The van der Waals surface area contributed by atoms with Crippen LogP contribution < -0.4 is 5.32 Å². The normalized spacial score (nSPS) is 18.4. The van der Waals surface area contributed by atoms with Gasteiger partial charge in [-0.25, -0.2) is 0 Å². The molecular formula is C33H43NO4. The van der Waals surface area contributed by atoms with Crippen molar-refractivity contribution < 1.29 is 19.4 Å². The van der Waals surface area contributed by atoms with Crippen LogP contribution in [0.15, 0.2) is 84.7 Å². The van der Waals surface area contributed by atoms with Crippen LogP contribution in [0, 0.1) is 10.8 Å². The third-order valence-corrected chi connectivity index (χ3v) is 7.48. The monoisotopic (exact) mass is 517 g/mol. The van der Waals surface area contributed by atoms with Crippen molar-refractivity contribution in [2.24, 2.45) is 10.8 Å². The summed E-state index contributed by atoms with van der Waals surface area (Å²) in [5, 5.41) is 12.6. The number of hydrogen-bond donors (Lipinski definition) is 2. The molecule has 204 valence electrons. The highest BCUT2D eigenvalue weighted by Gasteiger charge is 2.37. The van der Waals surface area contributed by atoms with Gasteiger partial charge in [-0.05, 0) is 59.8 Å². The van der Waals surface area contributed by atoms with Crippen LogP contribution in [-0.2, 0) is 26.3 Å². The molecule has 0 fully saturated rings. The molecule has 5 heteroatoms. The van der Waals surface area contributed by atoms with Gasteiger partial charge in [0.25, 0.3) is 0 Å². The number of carbonyl (C=O) groups excluding carboxylic acids is 1. The molecule has 0 saturated heterocycles. The second-order valence-electron chi connectivity index (χ2n) is 12.2. The third-order valence-electron chi connectivity index (χ3n) is 7.48. The first-order valence-corrected chi connectivity index (χ1v) is 13.5. The Balaban J connectivity index is 1.63. The molecule has 0 heterocycles. The maximum Gasteiger partial charge on any atom is 0.303 e. The molecule has 2 aromatic rings. The maximum atomic E-state index is 13.5. The number of nitrogens with one attached hydrogen (secondary N) is 1. The molecule has 1 aliphatic carbocycles. The van der Waals surface area contributed by atoms with E-state index in [2.05, 4.69) is 50.4 Å². The summed E-state index contributed by atoms with van der Waals surface area (Å²) in [4.78, 5) is 24.9.